The minimum Gasteiger partial charge on any atom is -0.300 e. The fraction of sp³-hybridized carbons (Fsp3) is 0.778. The summed E-state index contributed by atoms with van der Waals surface area (Å²) >= 11 is 0. The van der Waals surface area contributed by atoms with Gasteiger partial charge >= 0.3 is 0 Å². The lowest BCUT2D eigenvalue weighted by atomic mass is 9.92. The number of likely N-dealkylation sites (N-methyl/N-ethyl adjacent to an activating group) is 1. The Kier molecular flexibility index (Phi) is 2.94. The maximum atomic E-state index is 2.43. The van der Waals surface area contributed by atoms with Gasteiger partial charge < -0.3 is 0 Å². The Morgan fingerprint density at radius 1 is 1.50 bits per heavy atom. The molecular formula is C9H17N. The molecule has 0 radical (unpaired) electrons. The SMILES string of the molecule is C/C=C/CN(C)C1CCC1. The molecule has 0 N–H and O–H groups in total. The second-order valence-electron chi connectivity index (χ2n) is 3.09. The summed E-state index contributed by atoms with van der Waals surface area (Å²) in [6.07, 6.45) is 8.60. The first kappa shape index (κ1) is 7.80. The fourth-order valence-electron chi connectivity index (χ4n) is 1.25. The van der Waals surface area contributed by atoms with Gasteiger partial charge in [0, 0.05) is 12.6 Å². The van der Waals surface area contributed by atoms with Crippen LogP contribution in [0.25, 0.3) is 0 Å². The van der Waals surface area contributed by atoms with Crippen LogP contribution in [0.4, 0.5) is 0 Å². The molecule has 0 atom stereocenters. The van der Waals surface area contributed by atoms with Crippen molar-refractivity contribution in [2.75, 3.05) is 13.6 Å². The molecule has 1 rings (SSSR count). The van der Waals surface area contributed by atoms with E-state index in [1.165, 1.54) is 19.3 Å². The van der Waals surface area contributed by atoms with Gasteiger partial charge in [-0.3, -0.25) is 4.90 Å². The van der Waals surface area contributed by atoms with Crippen molar-refractivity contribution >= 4 is 0 Å². The zero-order valence-electron chi connectivity index (χ0n) is 7.01. The molecule has 0 aromatic rings. The second kappa shape index (κ2) is 3.77. The second-order valence-corrected chi connectivity index (χ2v) is 3.09. The molecule has 0 amide bonds. The minimum atomic E-state index is 0.885. The molecule has 10 heavy (non-hydrogen) atoms. The van der Waals surface area contributed by atoms with Crippen LogP contribution in [0.1, 0.15) is 26.2 Å². The van der Waals surface area contributed by atoms with Crippen molar-refractivity contribution in [3.8, 4) is 0 Å². The highest BCUT2D eigenvalue weighted by Gasteiger charge is 2.20. The topological polar surface area (TPSA) is 3.24 Å². The predicted molar refractivity (Wildman–Crippen MR) is 45.1 cm³/mol. The number of hydrogen-bond acceptors (Lipinski definition) is 1. The average molecular weight is 139 g/mol. The number of allylic oxidation sites excluding steroid dienone is 1. The lowest BCUT2D eigenvalue weighted by Crippen LogP contribution is -2.37. The molecule has 1 aliphatic rings. The average Bonchev–Trinajstić information content (AvgIpc) is 1.79. The molecule has 1 nitrogen and oxygen atoms in total. The largest absolute Gasteiger partial charge is 0.300 e. The summed E-state index contributed by atoms with van der Waals surface area (Å²) in [5.74, 6) is 0. The van der Waals surface area contributed by atoms with Gasteiger partial charge in [0.15, 0.2) is 0 Å². The van der Waals surface area contributed by atoms with Gasteiger partial charge in [0.1, 0.15) is 0 Å². The van der Waals surface area contributed by atoms with E-state index in [1.807, 2.05) is 0 Å². The summed E-state index contributed by atoms with van der Waals surface area (Å²) in [5, 5.41) is 0. The molecule has 58 valence electrons. The highest BCUT2D eigenvalue weighted by molar-refractivity contribution is 4.85. The molecule has 1 heteroatoms. The Bertz CT molecular complexity index is 114. The van der Waals surface area contributed by atoms with Crippen LogP contribution in [0.2, 0.25) is 0 Å². The quantitative estimate of drug-likeness (QED) is 0.541. The Morgan fingerprint density at radius 3 is 2.60 bits per heavy atom. The third-order valence-corrected chi connectivity index (χ3v) is 2.33. The van der Waals surface area contributed by atoms with Crippen LogP contribution in [0.15, 0.2) is 12.2 Å². The van der Waals surface area contributed by atoms with Crippen molar-refractivity contribution in [2.45, 2.75) is 32.2 Å². The Morgan fingerprint density at radius 2 is 2.20 bits per heavy atom. The monoisotopic (exact) mass is 139 g/mol. The van der Waals surface area contributed by atoms with Gasteiger partial charge in [0.05, 0.1) is 0 Å². The van der Waals surface area contributed by atoms with Gasteiger partial charge in [-0.25, -0.2) is 0 Å². The van der Waals surface area contributed by atoms with Crippen molar-refractivity contribution in [3.63, 3.8) is 0 Å². The molecule has 0 saturated heterocycles. The van der Waals surface area contributed by atoms with Gasteiger partial charge in [-0.05, 0) is 26.8 Å². The lowest BCUT2D eigenvalue weighted by molar-refractivity contribution is 0.175. The first-order chi connectivity index (χ1) is 4.84. The van der Waals surface area contributed by atoms with Crippen LogP contribution in [0.3, 0.4) is 0 Å². The Balaban J connectivity index is 2.13. The van der Waals surface area contributed by atoms with E-state index >= 15 is 0 Å². The van der Waals surface area contributed by atoms with Crippen molar-refractivity contribution < 1.29 is 0 Å². The molecular weight excluding hydrogens is 122 g/mol. The zero-order valence-corrected chi connectivity index (χ0v) is 7.01. The molecule has 0 unspecified atom stereocenters. The summed E-state index contributed by atoms with van der Waals surface area (Å²) < 4.78 is 0. The van der Waals surface area contributed by atoms with Gasteiger partial charge in [-0.1, -0.05) is 18.6 Å². The standard InChI is InChI=1S/C9H17N/c1-3-4-8-10(2)9-6-5-7-9/h3-4,9H,5-8H2,1-2H3/b4-3+. The van der Waals surface area contributed by atoms with Gasteiger partial charge in [-0.15, -0.1) is 0 Å². The zero-order chi connectivity index (χ0) is 7.40. The number of rotatable bonds is 3. The molecule has 0 aromatic heterocycles. The van der Waals surface area contributed by atoms with E-state index in [-0.39, 0.29) is 0 Å². The molecule has 1 saturated carbocycles. The lowest BCUT2D eigenvalue weighted by Gasteiger charge is -2.33. The van der Waals surface area contributed by atoms with Crippen molar-refractivity contribution in [1.82, 2.24) is 4.90 Å². The summed E-state index contributed by atoms with van der Waals surface area (Å²) in [5.41, 5.74) is 0. The number of hydrogen-bond donors (Lipinski definition) is 0. The molecule has 0 aliphatic heterocycles. The molecule has 1 fully saturated rings. The highest BCUT2D eigenvalue weighted by Crippen LogP contribution is 2.22. The van der Waals surface area contributed by atoms with E-state index in [9.17, 15) is 0 Å². The van der Waals surface area contributed by atoms with Gasteiger partial charge in [-0.2, -0.15) is 0 Å². The van der Waals surface area contributed by atoms with Gasteiger partial charge in [0.25, 0.3) is 0 Å². The summed E-state index contributed by atoms with van der Waals surface area (Å²) in [6, 6.07) is 0.885. The predicted octanol–water partition coefficient (Wildman–Crippen LogP) is 2.05. The Hall–Kier alpha value is -0.300. The van der Waals surface area contributed by atoms with Crippen LogP contribution < -0.4 is 0 Å². The van der Waals surface area contributed by atoms with Crippen molar-refractivity contribution in [3.05, 3.63) is 12.2 Å². The molecule has 0 bridgehead atoms. The Labute approximate surface area is 63.7 Å². The maximum absolute atomic E-state index is 2.43. The van der Waals surface area contributed by atoms with Crippen molar-refractivity contribution in [2.24, 2.45) is 0 Å². The molecule has 0 heterocycles. The van der Waals surface area contributed by atoms with E-state index in [0.29, 0.717) is 0 Å². The van der Waals surface area contributed by atoms with Crippen molar-refractivity contribution in [1.29, 1.82) is 0 Å². The van der Waals surface area contributed by atoms with E-state index in [4.69, 9.17) is 0 Å². The van der Waals surface area contributed by atoms with Gasteiger partial charge in [0.2, 0.25) is 0 Å². The smallest absolute Gasteiger partial charge is 0.0162 e. The van der Waals surface area contributed by atoms with Crippen LogP contribution in [-0.2, 0) is 0 Å². The van der Waals surface area contributed by atoms with Crippen LogP contribution in [0, 0.1) is 0 Å². The molecule has 1 aliphatic carbocycles. The highest BCUT2D eigenvalue weighted by atomic mass is 15.1. The van der Waals surface area contributed by atoms with E-state index in [2.05, 4.69) is 31.0 Å². The maximum Gasteiger partial charge on any atom is 0.0162 e. The fourth-order valence-corrected chi connectivity index (χ4v) is 1.25. The summed E-state index contributed by atoms with van der Waals surface area (Å²) in [6.45, 7) is 3.20. The van der Waals surface area contributed by atoms with Crippen LogP contribution >= 0.6 is 0 Å². The van der Waals surface area contributed by atoms with E-state index < -0.39 is 0 Å². The molecule has 0 aromatic carbocycles. The normalized spacial score (nSPS) is 20.3. The summed E-state index contributed by atoms with van der Waals surface area (Å²) in [4.78, 5) is 2.43. The first-order valence-corrected chi connectivity index (χ1v) is 4.16. The van der Waals surface area contributed by atoms with Crippen LogP contribution in [0.5, 0.6) is 0 Å². The first-order valence-electron chi connectivity index (χ1n) is 4.16. The molecule has 0 spiro atoms. The number of nitrogens with zero attached hydrogens (tertiary/aromatic N) is 1. The van der Waals surface area contributed by atoms with Crippen LogP contribution in [-0.4, -0.2) is 24.5 Å². The summed E-state index contributed by atoms with van der Waals surface area (Å²) in [7, 11) is 2.21. The van der Waals surface area contributed by atoms with E-state index in [0.717, 1.165) is 12.6 Å². The minimum absolute atomic E-state index is 0.885. The van der Waals surface area contributed by atoms with E-state index in [1.54, 1.807) is 0 Å². The third-order valence-electron chi connectivity index (χ3n) is 2.33. The third kappa shape index (κ3) is 1.84.